The van der Waals surface area contributed by atoms with E-state index in [-0.39, 0.29) is 5.91 Å². The highest BCUT2D eigenvalue weighted by atomic mass is 32.1. The SMILES string of the molecule is CNC(=S)NCCCCCCNC(=O)c1ccc(NN)nc1. The fourth-order valence-corrected chi connectivity index (χ4v) is 1.91. The van der Waals surface area contributed by atoms with E-state index in [9.17, 15) is 4.79 Å². The summed E-state index contributed by atoms with van der Waals surface area (Å²) < 4.78 is 0. The van der Waals surface area contributed by atoms with Crippen LogP contribution >= 0.6 is 12.2 Å². The Bertz CT molecular complexity index is 465. The quantitative estimate of drug-likeness (QED) is 0.198. The van der Waals surface area contributed by atoms with Gasteiger partial charge in [0.15, 0.2) is 5.11 Å². The molecule has 0 aromatic carbocycles. The van der Waals surface area contributed by atoms with E-state index in [0.29, 0.717) is 23.0 Å². The molecule has 0 atom stereocenters. The maximum atomic E-state index is 11.9. The van der Waals surface area contributed by atoms with Gasteiger partial charge < -0.3 is 21.4 Å². The maximum absolute atomic E-state index is 11.9. The number of unbranched alkanes of at least 4 members (excludes halogenated alkanes) is 3. The van der Waals surface area contributed by atoms with Crippen LogP contribution in [0.5, 0.6) is 0 Å². The Morgan fingerprint density at radius 2 is 1.86 bits per heavy atom. The van der Waals surface area contributed by atoms with E-state index < -0.39 is 0 Å². The Morgan fingerprint density at radius 3 is 2.41 bits per heavy atom. The lowest BCUT2D eigenvalue weighted by molar-refractivity contribution is 0.0952. The Labute approximate surface area is 136 Å². The number of thiocarbonyl (C=S) groups is 1. The monoisotopic (exact) mass is 324 g/mol. The second-order valence-corrected chi connectivity index (χ2v) is 5.16. The number of nitrogens with zero attached hydrogens (tertiary/aromatic N) is 1. The first kappa shape index (κ1) is 18.1. The molecular formula is C14H24N6OS. The summed E-state index contributed by atoms with van der Waals surface area (Å²) in [5.41, 5.74) is 2.95. The van der Waals surface area contributed by atoms with Crippen LogP contribution in [0, 0.1) is 0 Å². The van der Waals surface area contributed by atoms with Crippen molar-refractivity contribution in [3.05, 3.63) is 23.9 Å². The van der Waals surface area contributed by atoms with E-state index in [1.54, 1.807) is 19.2 Å². The van der Waals surface area contributed by atoms with Crippen LogP contribution in [-0.2, 0) is 0 Å². The fraction of sp³-hybridized carbons (Fsp3) is 0.500. The summed E-state index contributed by atoms with van der Waals surface area (Å²) >= 11 is 4.98. The lowest BCUT2D eigenvalue weighted by Crippen LogP contribution is -2.32. The first-order valence-corrected chi connectivity index (χ1v) is 7.74. The van der Waals surface area contributed by atoms with Crippen molar-refractivity contribution in [3.63, 3.8) is 0 Å². The van der Waals surface area contributed by atoms with Crippen molar-refractivity contribution in [3.8, 4) is 0 Å². The number of nitrogen functional groups attached to an aromatic ring is 1. The molecule has 1 amide bonds. The molecule has 8 heteroatoms. The zero-order valence-corrected chi connectivity index (χ0v) is 13.6. The molecule has 6 N–H and O–H groups in total. The average Bonchev–Trinajstić information content (AvgIpc) is 2.56. The molecule has 0 aliphatic heterocycles. The van der Waals surface area contributed by atoms with Crippen molar-refractivity contribution >= 4 is 29.1 Å². The van der Waals surface area contributed by atoms with Crippen LogP contribution in [0.1, 0.15) is 36.0 Å². The number of hydrogen-bond donors (Lipinski definition) is 5. The zero-order valence-electron chi connectivity index (χ0n) is 12.8. The van der Waals surface area contributed by atoms with Gasteiger partial charge in [0.1, 0.15) is 5.82 Å². The molecule has 0 spiro atoms. The molecule has 22 heavy (non-hydrogen) atoms. The van der Waals surface area contributed by atoms with Crippen molar-refractivity contribution < 1.29 is 4.79 Å². The second kappa shape index (κ2) is 10.7. The molecule has 0 saturated carbocycles. The smallest absolute Gasteiger partial charge is 0.252 e. The summed E-state index contributed by atoms with van der Waals surface area (Å²) in [7, 11) is 1.80. The molecule has 0 aliphatic rings. The first-order chi connectivity index (χ1) is 10.7. The molecule has 0 radical (unpaired) electrons. The number of hydrazine groups is 1. The number of amides is 1. The van der Waals surface area contributed by atoms with Crippen LogP contribution in [0.15, 0.2) is 18.3 Å². The van der Waals surface area contributed by atoms with Crippen LogP contribution in [0.4, 0.5) is 5.82 Å². The number of nitrogens with one attached hydrogen (secondary N) is 4. The second-order valence-electron chi connectivity index (χ2n) is 4.75. The first-order valence-electron chi connectivity index (χ1n) is 7.34. The molecule has 0 aliphatic carbocycles. The van der Waals surface area contributed by atoms with Gasteiger partial charge in [0.2, 0.25) is 0 Å². The van der Waals surface area contributed by atoms with Crippen molar-refractivity contribution in [1.29, 1.82) is 0 Å². The predicted molar refractivity (Wildman–Crippen MR) is 92.5 cm³/mol. The van der Waals surface area contributed by atoms with Gasteiger partial charge in [-0.2, -0.15) is 0 Å². The summed E-state index contributed by atoms with van der Waals surface area (Å²) in [5, 5.41) is 9.53. The summed E-state index contributed by atoms with van der Waals surface area (Å²) in [5.74, 6) is 5.64. The van der Waals surface area contributed by atoms with E-state index in [1.807, 2.05) is 0 Å². The minimum atomic E-state index is -0.114. The van der Waals surface area contributed by atoms with Gasteiger partial charge in [-0.05, 0) is 37.2 Å². The van der Waals surface area contributed by atoms with Crippen LogP contribution in [0.2, 0.25) is 0 Å². The highest BCUT2D eigenvalue weighted by molar-refractivity contribution is 7.80. The van der Waals surface area contributed by atoms with Crippen molar-refractivity contribution in [1.82, 2.24) is 20.9 Å². The number of carbonyl (C=O) groups excluding carboxylic acids is 1. The Kier molecular flexibility index (Phi) is 8.85. The predicted octanol–water partition coefficient (Wildman–Crippen LogP) is 0.751. The van der Waals surface area contributed by atoms with E-state index in [2.05, 4.69) is 26.4 Å². The highest BCUT2D eigenvalue weighted by Crippen LogP contribution is 2.03. The molecular weight excluding hydrogens is 300 g/mol. The maximum Gasteiger partial charge on any atom is 0.252 e. The van der Waals surface area contributed by atoms with Crippen LogP contribution < -0.4 is 27.2 Å². The van der Waals surface area contributed by atoms with Gasteiger partial charge in [-0.1, -0.05) is 12.8 Å². The summed E-state index contributed by atoms with van der Waals surface area (Å²) in [6, 6.07) is 3.35. The Morgan fingerprint density at radius 1 is 1.18 bits per heavy atom. The zero-order chi connectivity index (χ0) is 16.2. The lowest BCUT2D eigenvalue weighted by Gasteiger charge is -2.07. The third-order valence-corrected chi connectivity index (χ3v) is 3.42. The number of aromatic nitrogens is 1. The van der Waals surface area contributed by atoms with Gasteiger partial charge >= 0.3 is 0 Å². The number of rotatable bonds is 9. The van der Waals surface area contributed by atoms with E-state index in [0.717, 1.165) is 32.2 Å². The molecule has 122 valence electrons. The van der Waals surface area contributed by atoms with E-state index in [1.165, 1.54) is 6.20 Å². The van der Waals surface area contributed by atoms with E-state index >= 15 is 0 Å². The fourth-order valence-electron chi connectivity index (χ4n) is 1.81. The Hall–Kier alpha value is -1.93. The van der Waals surface area contributed by atoms with Gasteiger partial charge in [-0.25, -0.2) is 10.8 Å². The summed E-state index contributed by atoms with van der Waals surface area (Å²) in [6.07, 6.45) is 5.70. The molecule has 1 aromatic rings. The minimum Gasteiger partial charge on any atom is -0.366 e. The third kappa shape index (κ3) is 7.19. The number of carbonyl (C=O) groups is 1. The summed E-state index contributed by atoms with van der Waals surface area (Å²) in [4.78, 5) is 15.9. The lowest BCUT2D eigenvalue weighted by atomic mass is 10.2. The molecule has 7 nitrogen and oxygen atoms in total. The van der Waals surface area contributed by atoms with Crippen LogP contribution in [-0.4, -0.2) is 36.1 Å². The molecule has 0 fully saturated rings. The topological polar surface area (TPSA) is 104 Å². The third-order valence-electron chi connectivity index (χ3n) is 3.08. The van der Waals surface area contributed by atoms with Gasteiger partial charge in [0.25, 0.3) is 5.91 Å². The molecule has 0 saturated heterocycles. The summed E-state index contributed by atoms with van der Waals surface area (Å²) in [6.45, 7) is 1.54. The van der Waals surface area contributed by atoms with Gasteiger partial charge in [-0.15, -0.1) is 0 Å². The van der Waals surface area contributed by atoms with Gasteiger partial charge in [0.05, 0.1) is 5.56 Å². The largest absolute Gasteiger partial charge is 0.366 e. The Balaban J connectivity index is 2.06. The van der Waals surface area contributed by atoms with Crippen molar-refractivity contribution in [2.75, 3.05) is 25.6 Å². The molecule has 0 bridgehead atoms. The molecule has 1 rings (SSSR count). The number of anilines is 1. The number of pyridine rings is 1. The van der Waals surface area contributed by atoms with Gasteiger partial charge in [-0.3, -0.25) is 4.79 Å². The molecule has 0 unspecified atom stereocenters. The average molecular weight is 324 g/mol. The molecule has 1 heterocycles. The van der Waals surface area contributed by atoms with Crippen molar-refractivity contribution in [2.24, 2.45) is 5.84 Å². The number of nitrogens with two attached hydrogens (primary N) is 1. The van der Waals surface area contributed by atoms with Crippen LogP contribution in [0.25, 0.3) is 0 Å². The van der Waals surface area contributed by atoms with Crippen LogP contribution in [0.3, 0.4) is 0 Å². The van der Waals surface area contributed by atoms with Crippen molar-refractivity contribution in [2.45, 2.75) is 25.7 Å². The highest BCUT2D eigenvalue weighted by Gasteiger charge is 2.04. The minimum absolute atomic E-state index is 0.114. The van der Waals surface area contributed by atoms with E-state index in [4.69, 9.17) is 18.1 Å². The van der Waals surface area contributed by atoms with Gasteiger partial charge in [0, 0.05) is 26.3 Å². The molecule has 1 aromatic heterocycles. The normalized spacial score (nSPS) is 9.91. The standard InChI is InChI=1S/C14H24N6OS/c1-16-14(22)18-9-5-3-2-4-8-17-13(21)11-6-7-12(20-15)19-10-11/h6-7,10H,2-5,8-9,15H2,1H3,(H,17,21)(H,19,20)(H2,16,18,22). The number of hydrogen-bond acceptors (Lipinski definition) is 5.